The molecule has 0 radical (unpaired) electrons. The molecule has 2 aromatic carbocycles. The smallest absolute Gasteiger partial charge is 0.230 e. The third-order valence-corrected chi connectivity index (χ3v) is 4.88. The number of hydrogen-bond donors (Lipinski definition) is 1. The Balaban J connectivity index is 1.84. The van der Waals surface area contributed by atoms with E-state index >= 15 is 0 Å². The van der Waals surface area contributed by atoms with Crippen LogP contribution in [-0.4, -0.2) is 28.3 Å². The van der Waals surface area contributed by atoms with Crippen molar-refractivity contribution in [3.8, 4) is 23.3 Å². The Hall–Kier alpha value is -3.38. The molecule has 0 spiro atoms. The van der Waals surface area contributed by atoms with Crippen molar-refractivity contribution in [3.63, 3.8) is 0 Å². The second-order valence-corrected chi connectivity index (χ2v) is 7.41. The highest BCUT2D eigenvalue weighted by molar-refractivity contribution is 7.85. The Morgan fingerprint density at radius 1 is 1.25 bits per heavy atom. The molecule has 0 amide bonds. The van der Waals surface area contributed by atoms with Gasteiger partial charge in [-0.1, -0.05) is 22.8 Å². The summed E-state index contributed by atoms with van der Waals surface area (Å²) in [6, 6.07) is 11.9. The Bertz CT molecular complexity index is 1070. The normalized spacial score (nSPS) is 11.6. The monoisotopic (exact) mass is 396 g/mol. The SMILES string of the molecule is COc1cc(F)ccc1-c1ncnc(Nc2cccc(CS(C)=NC#N)c2)n1. The molecule has 0 bridgehead atoms. The fourth-order valence-corrected chi connectivity index (χ4v) is 3.41. The number of nitrogens with zero attached hydrogens (tertiary/aromatic N) is 5. The molecule has 3 aromatic rings. The number of aromatic nitrogens is 3. The lowest BCUT2D eigenvalue weighted by atomic mass is 10.2. The Morgan fingerprint density at radius 3 is 2.89 bits per heavy atom. The average Bonchev–Trinajstić information content (AvgIpc) is 2.68. The van der Waals surface area contributed by atoms with Gasteiger partial charge in [0, 0.05) is 17.5 Å². The molecule has 28 heavy (non-hydrogen) atoms. The molecule has 7 nitrogen and oxygen atoms in total. The Morgan fingerprint density at radius 2 is 2.11 bits per heavy atom. The van der Waals surface area contributed by atoms with Crippen molar-refractivity contribution in [3.05, 3.63) is 60.2 Å². The molecular formula is C19H17FN6OS. The van der Waals surface area contributed by atoms with Crippen LogP contribution >= 0.6 is 0 Å². The van der Waals surface area contributed by atoms with Gasteiger partial charge in [0.05, 0.1) is 12.7 Å². The summed E-state index contributed by atoms with van der Waals surface area (Å²) in [6.07, 6.45) is 5.13. The second-order valence-electron chi connectivity index (χ2n) is 5.74. The molecule has 1 atom stereocenters. The van der Waals surface area contributed by atoms with Gasteiger partial charge in [-0.3, -0.25) is 0 Å². The van der Waals surface area contributed by atoms with Gasteiger partial charge in [-0.25, -0.2) is 14.4 Å². The van der Waals surface area contributed by atoms with Crippen molar-refractivity contribution in [2.45, 2.75) is 5.75 Å². The largest absolute Gasteiger partial charge is 0.496 e. The van der Waals surface area contributed by atoms with Gasteiger partial charge in [0.1, 0.15) is 17.9 Å². The van der Waals surface area contributed by atoms with Gasteiger partial charge in [0.25, 0.3) is 0 Å². The minimum atomic E-state index is -0.400. The summed E-state index contributed by atoms with van der Waals surface area (Å²) in [6.45, 7) is 0. The van der Waals surface area contributed by atoms with Crippen LogP contribution in [0.3, 0.4) is 0 Å². The van der Waals surface area contributed by atoms with Crippen LogP contribution in [0.2, 0.25) is 0 Å². The number of methoxy groups -OCH3 is 1. The van der Waals surface area contributed by atoms with Gasteiger partial charge < -0.3 is 10.1 Å². The molecular weight excluding hydrogens is 379 g/mol. The number of rotatable bonds is 6. The zero-order valence-electron chi connectivity index (χ0n) is 15.3. The molecule has 0 fully saturated rings. The summed E-state index contributed by atoms with van der Waals surface area (Å²) in [4.78, 5) is 12.7. The van der Waals surface area contributed by atoms with E-state index in [4.69, 9.17) is 10.00 Å². The summed E-state index contributed by atoms with van der Waals surface area (Å²) in [7, 11) is 1.10. The molecule has 1 unspecified atom stereocenters. The van der Waals surface area contributed by atoms with Crippen LogP contribution in [0.5, 0.6) is 5.75 Å². The number of hydrogen-bond acceptors (Lipinski definition) is 7. The molecule has 1 aromatic heterocycles. The van der Waals surface area contributed by atoms with Crippen molar-refractivity contribution in [2.24, 2.45) is 4.36 Å². The molecule has 0 saturated carbocycles. The van der Waals surface area contributed by atoms with Crippen LogP contribution in [0.4, 0.5) is 16.0 Å². The highest BCUT2D eigenvalue weighted by atomic mass is 32.2. The minimum Gasteiger partial charge on any atom is -0.496 e. The third kappa shape index (κ3) is 4.86. The Kier molecular flexibility index (Phi) is 6.24. The lowest BCUT2D eigenvalue weighted by Crippen LogP contribution is -2.01. The van der Waals surface area contributed by atoms with E-state index in [9.17, 15) is 4.39 Å². The van der Waals surface area contributed by atoms with Crippen molar-refractivity contribution < 1.29 is 9.13 Å². The van der Waals surface area contributed by atoms with E-state index in [1.165, 1.54) is 25.6 Å². The van der Waals surface area contributed by atoms with E-state index in [0.717, 1.165) is 11.3 Å². The average molecular weight is 396 g/mol. The summed E-state index contributed by atoms with van der Waals surface area (Å²) in [5.41, 5.74) is 2.41. The number of halogens is 1. The van der Waals surface area contributed by atoms with Gasteiger partial charge in [-0.15, -0.1) is 0 Å². The molecule has 0 aliphatic rings. The molecule has 1 heterocycles. The standard InChI is InChI=1S/C19H17FN6OS/c1-27-17-9-14(20)6-7-16(17)18-22-12-23-19(26-18)25-15-5-3-4-13(8-15)10-28(2)24-11-21/h3-9,12H,10H2,1-2H3,(H,22,23,25,26). The quantitative estimate of drug-likeness (QED) is 0.636. The lowest BCUT2D eigenvalue weighted by Gasteiger charge is -2.10. The molecule has 9 heteroatoms. The maximum absolute atomic E-state index is 13.4. The number of benzene rings is 2. The van der Waals surface area contributed by atoms with Crippen LogP contribution in [-0.2, 0) is 16.4 Å². The fraction of sp³-hybridized carbons (Fsp3) is 0.158. The second kappa shape index (κ2) is 9.01. The molecule has 3 rings (SSSR count). The van der Waals surface area contributed by atoms with E-state index in [1.54, 1.807) is 6.07 Å². The highest BCUT2D eigenvalue weighted by Crippen LogP contribution is 2.28. The Labute approximate surface area is 164 Å². The van der Waals surface area contributed by atoms with E-state index in [0.29, 0.717) is 28.8 Å². The first-order valence-corrected chi connectivity index (χ1v) is 9.96. The predicted molar refractivity (Wildman–Crippen MR) is 107 cm³/mol. The van der Waals surface area contributed by atoms with Crippen LogP contribution in [0.1, 0.15) is 5.56 Å². The first kappa shape index (κ1) is 19.4. The summed E-state index contributed by atoms with van der Waals surface area (Å²) in [5.74, 6) is 1.34. The third-order valence-electron chi connectivity index (χ3n) is 3.73. The summed E-state index contributed by atoms with van der Waals surface area (Å²) >= 11 is 0. The maximum Gasteiger partial charge on any atom is 0.230 e. The number of nitrogens with one attached hydrogen (secondary N) is 1. The first-order chi connectivity index (χ1) is 13.6. The molecule has 142 valence electrons. The van der Waals surface area contributed by atoms with Crippen LogP contribution < -0.4 is 10.1 Å². The lowest BCUT2D eigenvalue weighted by molar-refractivity contribution is 0.412. The van der Waals surface area contributed by atoms with Crippen LogP contribution in [0, 0.1) is 17.3 Å². The summed E-state index contributed by atoms with van der Waals surface area (Å²) < 4.78 is 22.5. The predicted octanol–water partition coefficient (Wildman–Crippen LogP) is 3.84. The van der Waals surface area contributed by atoms with Crippen LogP contribution in [0.25, 0.3) is 11.4 Å². The fourth-order valence-electron chi connectivity index (χ4n) is 2.55. The van der Waals surface area contributed by atoms with Crippen LogP contribution in [0.15, 0.2) is 53.2 Å². The maximum atomic E-state index is 13.4. The molecule has 0 aliphatic heterocycles. The van der Waals surface area contributed by atoms with E-state index < -0.39 is 5.82 Å². The number of ether oxygens (including phenoxy) is 1. The zero-order valence-corrected chi connectivity index (χ0v) is 16.1. The topological polar surface area (TPSA) is 96.1 Å². The van der Waals surface area contributed by atoms with Crippen molar-refractivity contribution >= 4 is 22.3 Å². The van der Waals surface area contributed by atoms with Gasteiger partial charge in [0.15, 0.2) is 5.82 Å². The van der Waals surface area contributed by atoms with Gasteiger partial charge in [0.2, 0.25) is 12.1 Å². The number of anilines is 2. The van der Waals surface area contributed by atoms with Crippen molar-refractivity contribution in [1.82, 2.24) is 15.0 Å². The molecule has 0 saturated heterocycles. The first-order valence-electron chi connectivity index (χ1n) is 8.20. The van der Waals surface area contributed by atoms with E-state index in [2.05, 4.69) is 24.6 Å². The summed E-state index contributed by atoms with van der Waals surface area (Å²) in [5, 5.41) is 11.8. The molecule has 1 N–H and O–H groups in total. The highest BCUT2D eigenvalue weighted by Gasteiger charge is 2.11. The van der Waals surface area contributed by atoms with E-state index in [1.807, 2.05) is 36.7 Å². The van der Waals surface area contributed by atoms with Gasteiger partial charge in [-0.2, -0.15) is 14.6 Å². The zero-order chi connectivity index (χ0) is 19.9. The van der Waals surface area contributed by atoms with Gasteiger partial charge >= 0.3 is 0 Å². The minimum absolute atomic E-state index is 0.343. The van der Waals surface area contributed by atoms with Crippen molar-refractivity contribution in [2.75, 3.05) is 18.7 Å². The van der Waals surface area contributed by atoms with Crippen molar-refractivity contribution in [1.29, 1.82) is 5.26 Å². The number of nitriles is 1. The van der Waals surface area contributed by atoms with Gasteiger partial charge in [-0.05, 0) is 36.1 Å². The van der Waals surface area contributed by atoms with E-state index in [-0.39, 0.29) is 10.7 Å². The molecule has 0 aliphatic carbocycles.